The van der Waals surface area contributed by atoms with E-state index in [1.165, 1.54) is 0 Å². The molecule has 0 spiro atoms. The van der Waals surface area contributed by atoms with Crippen molar-refractivity contribution >= 4 is 23.2 Å². The van der Waals surface area contributed by atoms with Crippen molar-refractivity contribution in [3.63, 3.8) is 0 Å². The monoisotopic (exact) mass is 450 g/mol. The fourth-order valence-corrected chi connectivity index (χ4v) is 3.77. The van der Waals surface area contributed by atoms with Crippen LogP contribution in [0.25, 0.3) is 11.1 Å². The predicted molar refractivity (Wildman–Crippen MR) is 137 cm³/mol. The molecule has 34 heavy (non-hydrogen) atoms. The van der Waals surface area contributed by atoms with Crippen molar-refractivity contribution in [3.8, 4) is 16.9 Å². The van der Waals surface area contributed by atoms with E-state index >= 15 is 0 Å². The number of hydrogen-bond donors (Lipinski definition) is 1. The number of aryl methyl sites for hydroxylation is 1. The number of nitrogens with one attached hydrogen (secondary N) is 1. The highest BCUT2D eigenvalue weighted by molar-refractivity contribution is 6.09. The van der Waals surface area contributed by atoms with E-state index in [9.17, 15) is 9.59 Å². The van der Waals surface area contributed by atoms with Gasteiger partial charge in [0.05, 0.1) is 12.8 Å². The summed E-state index contributed by atoms with van der Waals surface area (Å²) < 4.78 is 5.36. The molecule has 4 aromatic rings. The molecule has 0 saturated heterocycles. The van der Waals surface area contributed by atoms with E-state index in [0.29, 0.717) is 28.3 Å². The molecule has 4 aromatic carbocycles. The van der Waals surface area contributed by atoms with Crippen LogP contribution in [0.1, 0.15) is 26.3 Å². The van der Waals surface area contributed by atoms with E-state index in [1.54, 1.807) is 43.3 Å². The first kappa shape index (κ1) is 22.8. The number of ether oxygens (including phenoxy) is 1. The first-order chi connectivity index (χ1) is 16.5. The highest BCUT2D eigenvalue weighted by Crippen LogP contribution is 2.28. The van der Waals surface area contributed by atoms with Gasteiger partial charge in [0.2, 0.25) is 0 Å². The lowest BCUT2D eigenvalue weighted by atomic mass is 9.98. The maximum absolute atomic E-state index is 13.1. The van der Waals surface area contributed by atoms with Gasteiger partial charge in [-0.2, -0.15) is 0 Å². The van der Waals surface area contributed by atoms with Gasteiger partial charge in [0, 0.05) is 23.9 Å². The van der Waals surface area contributed by atoms with Crippen LogP contribution in [0.2, 0.25) is 0 Å². The lowest BCUT2D eigenvalue weighted by molar-refractivity contribution is 0.0991. The minimum absolute atomic E-state index is 0.174. The smallest absolute Gasteiger partial charge is 0.258 e. The molecular weight excluding hydrogens is 424 g/mol. The van der Waals surface area contributed by atoms with Gasteiger partial charge in [-0.05, 0) is 60.5 Å². The number of benzene rings is 4. The van der Waals surface area contributed by atoms with Crippen LogP contribution in [0.5, 0.6) is 5.75 Å². The quantitative estimate of drug-likeness (QED) is 0.380. The molecule has 4 rings (SSSR count). The van der Waals surface area contributed by atoms with Crippen LogP contribution in [0.15, 0.2) is 97.1 Å². The Morgan fingerprint density at radius 2 is 1.44 bits per heavy atom. The number of anilines is 2. The Balaban J connectivity index is 1.51. The van der Waals surface area contributed by atoms with E-state index in [1.807, 2.05) is 79.7 Å². The first-order valence-corrected chi connectivity index (χ1v) is 11.0. The molecule has 1 N–H and O–H groups in total. The largest absolute Gasteiger partial charge is 0.495 e. The highest BCUT2D eigenvalue weighted by atomic mass is 16.5. The van der Waals surface area contributed by atoms with E-state index < -0.39 is 0 Å². The number of nitrogens with zero attached hydrogens (tertiary/aromatic N) is 1. The summed E-state index contributed by atoms with van der Waals surface area (Å²) in [6.45, 7) is 2.03. The van der Waals surface area contributed by atoms with Crippen LogP contribution in [-0.2, 0) is 0 Å². The topological polar surface area (TPSA) is 58.6 Å². The summed E-state index contributed by atoms with van der Waals surface area (Å²) >= 11 is 0. The zero-order valence-corrected chi connectivity index (χ0v) is 19.4. The van der Waals surface area contributed by atoms with Crippen molar-refractivity contribution < 1.29 is 14.3 Å². The minimum Gasteiger partial charge on any atom is -0.495 e. The second-order valence-electron chi connectivity index (χ2n) is 7.98. The average Bonchev–Trinajstić information content (AvgIpc) is 2.88. The molecule has 2 amide bonds. The maximum Gasteiger partial charge on any atom is 0.258 e. The zero-order valence-electron chi connectivity index (χ0n) is 19.4. The SMILES string of the molecule is COc1ccccc1N(C)C(=O)c1ccc(NC(=O)c2ccccc2-c2ccc(C)cc2)cc1. The van der Waals surface area contributed by atoms with Gasteiger partial charge in [0.25, 0.3) is 11.8 Å². The highest BCUT2D eigenvalue weighted by Gasteiger charge is 2.17. The Hall–Kier alpha value is -4.38. The van der Waals surface area contributed by atoms with E-state index in [2.05, 4.69) is 5.32 Å². The second-order valence-corrected chi connectivity index (χ2v) is 7.98. The summed E-state index contributed by atoms with van der Waals surface area (Å²) in [7, 11) is 3.28. The molecule has 0 fully saturated rings. The number of amides is 2. The fourth-order valence-electron chi connectivity index (χ4n) is 3.77. The van der Waals surface area contributed by atoms with Gasteiger partial charge in [-0.3, -0.25) is 9.59 Å². The molecule has 170 valence electrons. The number of carbonyl (C=O) groups is 2. The van der Waals surface area contributed by atoms with Gasteiger partial charge in [0.1, 0.15) is 5.75 Å². The van der Waals surface area contributed by atoms with Gasteiger partial charge >= 0.3 is 0 Å². The standard InChI is InChI=1S/C29H26N2O3/c1-20-12-14-21(15-13-20)24-8-4-5-9-25(24)28(32)30-23-18-16-22(17-19-23)29(33)31(2)26-10-6-7-11-27(26)34-3/h4-19H,1-3H3,(H,30,32). The molecule has 0 heterocycles. The molecule has 0 radical (unpaired) electrons. The fraction of sp³-hybridized carbons (Fsp3) is 0.103. The second kappa shape index (κ2) is 10.0. The molecule has 0 aromatic heterocycles. The Bertz CT molecular complexity index is 1310. The Morgan fingerprint density at radius 1 is 0.794 bits per heavy atom. The van der Waals surface area contributed by atoms with Crippen molar-refractivity contribution in [2.45, 2.75) is 6.92 Å². The third kappa shape index (κ3) is 4.84. The molecular formula is C29H26N2O3. The van der Waals surface area contributed by atoms with E-state index in [4.69, 9.17) is 4.74 Å². The summed E-state index contributed by atoms with van der Waals surface area (Å²) in [5.74, 6) is 0.239. The third-order valence-corrected chi connectivity index (χ3v) is 5.68. The molecule has 0 aliphatic carbocycles. The lowest BCUT2D eigenvalue weighted by Gasteiger charge is -2.20. The molecule has 0 bridgehead atoms. The molecule has 5 nitrogen and oxygen atoms in total. The Kier molecular flexibility index (Phi) is 6.74. The van der Waals surface area contributed by atoms with Crippen LogP contribution in [0.4, 0.5) is 11.4 Å². The number of rotatable bonds is 6. The molecule has 0 unspecified atom stereocenters. The van der Waals surface area contributed by atoms with Crippen molar-refractivity contribution in [3.05, 3.63) is 114 Å². The normalized spacial score (nSPS) is 10.4. The van der Waals surface area contributed by atoms with Gasteiger partial charge in [0.15, 0.2) is 0 Å². The van der Waals surface area contributed by atoms with Crippen LogP contribution < -0.4 is 15.0 Å². The molecule has 0 saturated carbocycles. The summed E-state index contributed by atoms with van der Waals surface area (Å²) in [5.41, 5.74) is 5.40. The summed E-state index contributed by atoms with van der Waals surface area (Å²) in [6, 6.07) is 29.8. The van der Waals surface area contributed by atoms with Crippen LogP contribution in [-0.4, -0.2) is 26.0 Å². The van der Waals surface area contributed by atoms with Crippen molar-refractivity contribution in [1.82, 2.24) is 0 Å². The predicted octanol–water partition coefficient (Wildman–Crippen LogP) is 6.20. The van der Waals surface area contributed by atoms with Crippen LogP contribution >= 0.6 is 0 Å². The first-order valence-electron chi connectivity index (χ1n) is 11.0. The molecule has 0 aliphatic rings. The van der Waals surface area contributed by atoms with Gasteiger partial charge in [-0.25, -0.2) is 0 Å². The van der Waals surface area contributed by atoms with Crippen LogP contribution in [0.3, 0.4) is 0 Å². The number of carbonyl (C=O) groups excluding carboxylic acids is 2. The van der Waals surface area contributed by atoms with Crippen molar-refractivity contribution in [2.75, 3.05) is 24.4 Å². The van der Waals surface area contributed by atoms with Crippen LogP contribution in [0, 0.1) is 6.92 Å². The average molecular weight is 451 g/mol. The van der Waals surface area contributed by atoms with E-state index in [-0.39, 0.29) is 11.8 Å². The maximum atomic E-state index is 13.1. The molecule has 5 heteroatoms. The molecule has 0 atom stereocenters. The van der Waals surface area contributed by atoms with Crippen molar-refractivity contribution in [2.24, 2.45) is 0 Å². The van der Waals surface area contributed by atoms with Gasteiger partial charge < -0.3 is 15.0 Å². The van der Waals surface area contributed by atoms with E-state index in [0.717, 1.165) is 16.7 Å². The Labute approximate surface area is 199 Å². The van der Waals surface area contributed by atoms with Crippen molar-refractivity contribution in [1.29, 1.82) is 0 Å². The lowest BCUT2D eigenvalue weighted by Crippen LogP contribution is -2.26. The number of para-hydroxylation sites is 2. The summed E-state index contributed by atoms with van der Waals surface area (Å²) in [4.78, 5) is 27.6. The summed E-state index contributed by atoms with van der Waals surface area (Å²) in [5, 5.41) is 2.94. The number of hydrogen-bond acceptors (Lipinski definition) is 3. The Morgan fingerprint density at radius 3 is 2.15 bits per heavy atom. The van der Waals surface area contributed by atoms with Gasteiger partial charge in [-0.1, -0.05) is 60.2 Å². The van der Waals surface area contributed by atoms with Gasteiger partial charge in [-0.15, -0.1) is 0 Å². The third-order valence-electron chi connectivity index (χ3n) is 5.68. The zero-order chi connectivity index (χ0) is 24.1. The number of methoxy groups -OCH3 is 1. The molecule has 0 aliphatic heterocycles. The minimum atomic E-state index is -0.207. The summed E-state index contributed by atoms with van der Waals surface area (Å²) in [6.07, 6.45) is 0.